The number of ether oxygens (including phenoxy) is 1. The molecule has 0 aliphatic rings. The molecule has 0 saturated heterocycles. The summed E-state index contributed by atoms with van der Waals surface area (Å²) in [4.78, 5) is 25.3. The number of rotatable bonds is 9. The van der Waals surface area contributed by atoms with Crippen LogP contribution in [0.1, 0.15) is 23.2 Å². The molecule has 0 heterocycles. The zero-order valence-corrected chi connectivity index (χ0v) is 15.4. The number of hydrogen-bond donors (Lipinski definition) is 1. The topological polar surface area (TPSA) is 58.6 Å². The number of likely N-dealkylation sites (N-methyl/N-ethyl adjacent to an activating group) is 1. The number of amides is 2. The van der Waals surface area contributed by atoms with Gasteiger partial charge in [0.2, 0.25) is 5.91 Å². The Morgan fingerprint density at radius 3 is 2.54 bits per heavy atom. The van der Waals surface area contributed by atoms with E-state index in [1.807, 2.05) is 0 Å². The minimum Gasteiger partial charge on any atom is -0.489 e. The minimum absolute atomic E-state index is 0.124. The van der Waals surface area contributed by atoms with Crippen molar-refractivity contribution in [1.82, 2.24) is 10.2 Å². The largest absolute Gasteiger partial charge is 0.489 e. The van der Waals surface area contributed by atoms with Gasteiger partial charge in [-0.05, 0) is 30.7 Å². The van der Waals surface area contributed by atoms with E-state index in [0.717, 1.165) is 12.1 Å². The Kier molecular flexibility index (Phi) is 7.86. The van der Waals surface area contributed by atoms with E-state index >= 15 is 0 Å². The number of carbonyl (C=O) groups is 2. The first kappa shape index (κ1) is 21.3. The van der Waals surface area contributed by atoms with Crippen molar-refractivity contribution in [1.29, 1.82) is 0 Å². The van der Waals surface area contributed by atoms with Gasteiger partial charge < -0.3 is 15.0 Å². The third-order valence-corrected chi connectivity index (χ3v) is 3.98. The van der Waals surface area contributed by atoms with E-state index in [-0.39, 0.29) is 43.3 Å². The summed E-state index contributed by atoms with van der Waals surface area (Å²) >= 11 is 0. The number of carbonyl (C=O) groups excluding carboxylic acids is 2. The fourth-order valence-corrected chi connectivity index (χ4v) is 2.38. The smallest absolute Gasteiger partial charge is 0.254 e. The Balaban J connectivity index is 1.66. The van der Waals surface area contributed by atoms with Crippen molar-refractivity contribution in [3.05, 3.63) is 65.5 Å². The maximum absolute atomic E-state index is 13.5. The van der Waals surface area contributed by atoms with Crippen LogP contribution in [0.4, 0.5) is 13.2 Å². The van der Waals surface area contributed by atoms with Crippen molar-refractivity contribution in [2.24, 2.45) is 0 Å². The van der Waals surface area contributed by atoms with E-state index in [1.54, 1.807) is 19.2 Å². The molecule has 0 aliphatic carbocycles. The fourth-order valence-electron chi connectivity index (χ4n) is 2.38. The summed E-state index contributed by atoms with van der Waals surface area (Å²) in [5.74, 6) is -2.88. The quantitative estimate of drug-likeness (QED) is 0.665. The molecular formula is C20H21F3N2O3. The second kappa shape index (κ2) is 10.3. The molecule has 28 heavy (non-hydrogen) atoms. The van der Waals surface area contributed by atoms with Crippen LogP contribution in [0, 0.1) is 17.5 Å². The van der Waals surface area contributed by atoms with E-state index in [0.29, 0.717) is 12.5 Å². The van der Waals surface area contributed by atoms with Crippen LogP contribution in [-0.4, -0.2) is 43.5 Å². The van der Waals surface area contributed by atoms with Gasteiger partial charge in [-0.15, -0.1) is 0 Å². The summed E-state index contributed by atoms with van der Waals surface area (Å²) in [6.07, 6.45) is 0.522. The maximum atomic E-state index is 13.5. The first-order valence-corrected chi connectivity index (χ1v) is 8.73. The second-order valence-electron chi connectivity index (χ2n) is 6.08. The van der Waals surface area contributed by atoms with Crippen molar-refractivity contribution in [2.75, 3.05) is 26.7 Å². The van der Waals surface area contributed by atoms with Crippen molar-refractivity contribution in [3.8, 4) is 5.75 Å². The lowest BCUT2D eigenvalue weighted by molar-refractivity contribution is -0.130. The summed E-state index contributed by atoms with van der Waals surface area (Å²) in [5.41, 5.74) is -0.255. The highest BCUT2D eigenvalue weighted by molar-refractivity contribution is 5.94. The van der Waals surface area contributed by atoms with Gasteiger partial charge in [0.1, 0.15) is 18.2 Å². The number of nitrogens with zero attached hydrogens (tertiary/aromatic N) is 1. The zero-order valence-electron chi connectivity index (χ0n) is 15.4. The lowest BCUT2D eigenvalue weighted by Gasteiger charge is -2.17. The molecule has 2 amide bonds. The fraction of sp³-hybridized carbons (Fsp3) is 0.300. The molecule has 0 unspecified atom stereocenters. The third kappa shape index (κ3) is 6.29. The van der Waals surface area contributed by atoms with Crippen molar-refractivity contribution >= 4 is 11.8 Å². The second-order valence-corrected chi connectivity index (χ2v) is 6.08. The summed E-state index contributed by atoms with van der Waals surface area (Å²) in [7, 11) is 1.60. The maximum Gasteiger partial charge on any atom is 0.254 e. The van der Waals surface area contributed by atoms with Gasteiger partial charge in [0.15, 0.2) is 11.6 Å². The molecule has 0 atom stereocenters. The molecule has 2 aromatic carbocycles. The zero-order chi connectivity index (χ0) is 20.5. The van der Waals surface area contributed by atoms with Crippen LogP contribution in [0.15, 0.2) is 42.5 Å². The molecule has 0 fully saturated rings. The van der Waals surface area contributed by atoms with Crippen LogP contribution in [0.3, 0.4) is 0 Å². The van der Waals surface area contributed by atoms with Gasteiger partial charge in [-0.1, -0.05) is 12.1 Å². The van der Waals surface area contributed by atoms with Gasteiger partial charge >= 0.3 is 0 Å². The van der Waals surface area contributed by atoms with Crippen molar-refractivity contribution in [2.45, 2.75) is 12.8 Å². The summed E-state index contributed by atoms with van der Waals surface area (Å²) in [6.45, 7) is 0.588. The van der Waals surface area contributed by atoms with Crippen LogP contribution in [0.25, 0.3) is 0 Å². The van der Waals surface area contributed by atoms with Crippen LogP contribution in [0.2, 0.25) is 0 Å². The molecule has 0 aromatic heterocycles. The highest BCUT2D eigenvalue weighted by Gasteiger charge is 2.13. The highest BCUT2D eigenvalue weighted by Crippen LogP contribution is 2.15. The third-order valence-electron chi connectivity index (χ3n) is 3.98. The summed E-state index contributed by atoms with van der Waals surface area (Å²) in [6, 6.07) is 8.70. The monoisotopic (exact) mass is 394 g/mol. The van der Waals surface area contributed by atoms with Gasteiger partial charge in [0.05, 0.1) is 12.1 Å². The van der Waals surface area contributed by atoms with Gasteiger partial charge in [-0.2, -0.15) is 0 Å². The Labute approximate surface area is 161 Å². The first-order valence-electron chi connectivity index (χ1n) is 8.73. The predicted molar refractivity (Wildman–Crippen MR) is 97.5 cm³/mol. The Morgan fingerprint density at radius 1 is 1.07 bits per heavy atom. The van der Waals surface area contributed by atoms with E-state index in [1.165, 1.54) is 17.0 Å². The summed E-state index contributed by atoms with van der Waals surface area (Å²) in [5, 5.41) is 2.49. The minimum atomic E-state index is -0.942. The van der Waals surface area contributed by atoms with Crippen LogP contribution in [0.5, 0.6) is 5.75 Å². The SMILES string of the molecule is CN(CCOc1ccccc1F)C(=O)CCCNC(=O)c1ccc(F)cc1F. The van der Waals surface area contributed by atoms with Gasteiger partial charge in [-0.25, -0.2) is 13.2 Å². The number of halogens is 3. The Hall–Kier alpha value is -3.03. The molecule has 150 valence electrons. The Bertz CT molecular complexity index is 830. The Morgan fingerprint density at radius 2 is 1.82 bits per heavy atom. The van der Waals surface area contributed by atoms with Crippen molar-refractivity contribution in [3.63, 3.8) is 0 Å². The summed E-state index contributed by atoms with van der Waals surface area (Å²) < 4.78 is 45.1. The van der Waals surface area contributed by atoms with E-state index in [4.69, 9.17) is 4.74 Å². The lowest BCUT2D eigenvalue weighted by atomic mass is 10.2. The molecule has 0 saturated carbocycles. The van der Waals surface area contributed by atoms with Gasteiger partial charge in [0, 0.05) is 26.1 Å². The van der Waals surface area contributed by atoms with Crippen LogP contribution >= 0.6 is 0 Å². The average Bonchev–Trinajstić information content (AvgIpc) is 2.66. The normalized spacial score (nSPS) is 10.4. The van der Waals surface area contributed by atoms with E-state index in [9.17, 15) is 22.8 Å². The number of para-hydroxylation sites is 1. The highest BCUT2D eigenvalue weighted by atomic mass is 19.1. The molecular weight excluding hydrogens is 373 g/mol. The molecule has 0 radical (unpaired) electrons. The molecule has 0 bridgehead atoms. The molecule has 5 nitrogen and oxygen atoms in total. The van der Waals surface area contributed by atoms with Gasteiger partial charge in [0.25, 0.3) is 5.91 Å². The molecule has 1 N–H and O–H groups in total. The molecule has 2 aromatic rings. The lowest BCUT2D eigenvalue weighted by Crippen LogP contribution is -2.32. The van der Waals surface area contributed by atoms with Gasteiger partial charge in [-0.3, -0.25) is 9.59 Å². The van der Waals surface area contributed by atoms with Crippen molar-refractivity contribution < 1.29 is 27.5 Å². The number of nitrogens with one attached hydrogen (secondary N) is 1. The average molecular weight is 394 g/mol. The predicted octanol–water partition coefficient (Wildman–Crippen LogP) is 3.15. The molecule has 8 heteroatoms. The van der Waals surface area contributed by atoms with Crippen LogP contribution in [-0.2, 0) is 4.79 Å². The standard InChI is InChI=1S/C20H21F3N2O3/c1-25(11-12-28-18-6-3-2-5-16(18)22)19(26)7-4-10-24-20(27)15-9-8-14(21)13-17(15)23/h2-3,5-6,8-9,13H,4,7,10-12H2,1H3,(H,24,27). The molecule has 0 aliphatic heterocycles. The first-order chi connectivity index (χ1) is 13.4. The molecule has 2 rings (SSSR count). The van der Waals surface area contributed by atoms with E-state index < -0.39 is 23.4 Å². The number of benzene rings is 2. The van der Waals surface area contributed by atoms with Crippen LogP contribution < -0.4 is 10.1 Å². The number of hydrogen-bond acceptors (Lipinski definition) is 3. The molecule has 0 spiro atoms. The van der Waals surface area contributed by atoms with E-state index in [2.05, 4.69) is 5.32 Å².